The number of carbonyl (C=O) groups is 1. The molecule has 0 bridgehead atoms. The Morgan fingerprint density at radius 1 is 1.07 bits per heavy atom. The number of rotatable bonds is 6. The fraction of sp³-hybridized carbons (Fsp3) is 0.176. The largest absolute Gasteiger partial charge is 0.326 e. The molecule has 0 radical (unpaired) electrons. The van der Waals surface area contributed by atoms with E-state index in [4.69, 9.17) is 0 Å². The summed E-state index contributed by atoms with van der Waals surface area (Å²) in [4.78, 5) is 12.4. The lowest BCUT2D eigenvalue weighted by Crippen LogP contribution is -2.22. The van der Waals surface area contributed by atoms with Crippen LogP contribution in [0.1, 0.15) is 5.56 Å². The first-order valence-electron chi connectivity index (χ1n) is 8.01. The molecule has 0 atom stereocenters. The van der Waals surface area contributed by atoms with Gasteiger partial charge in [-0.25, -0.2) is 17.4 Å². The molecule has 0 saturated heterocycles. The molecular formula is C17H18N6O3S. The molecule has 10 heteroatoms. The molecule has 3 rings (SSSR count). The minimum absolute atomic E-state index is 0.170. The smallest absolute Gasteiger partial charge is 0.242 e. The fourth-order valence-electron chi connectivity index (χ4n) is 2.36. The molecule has 0 aliphatic heterocycles. The number of sulfonamides is 1. The highest BCUT2D eigenvalue weighted by atomic mass is 32.2. The number of benzene rings is 2. The monoisotopic (exact) mass is 386 g/mol. The van der Waals surface area contributed by atoms with Gasteiger partial charge in [0, 0.05) is 19.8 Å². The number of nitrogens with one attached hydrogen (secondary N) is 1. The first-order chi connectivity index (χ1) is 12.9. The van der Waals surface area contributed by atoms with Gasteiger partial charge >= 0.3 is 0 Å². The predicted molar refractivity (Wildman–Crippen MR) is 98.8 cm³/mol. The Hall–Kier alpha value is -3.11. The maximum Gasteiger partial charge on any atom is 0.242 e. The van der Waals surface area contributed by atoms with Crippen LogP contribution in [-0.4, -0.2) is 52.9 Å². The normalized spacial score (nSPS) is 11.5. The second kappa shape index (κ2) is 7.64. The van der Waals surface area contributed by atoms with Gasteiger partial charge in [-0.1, -0.05) is 12.1 Å². The van der Waals surface area contributed by atoms with Crippen LogP contribution in [0.2, 0.25) is 0 Å². The van der Waals surface area contributed by atoms with Crippen molar-refractivity contribution in [2.24, 2.45) is 0 Å². The minimum Gasteiger partial charge on any atom is -0.326 e. The second-order valence-corrected chi connectivity index (χ2v) is 8.11. The Morgan fingerprint density at radius 2 is 1.74 bits per heavy atom. The van der Waals surface area contributed by atoms with Gasteiger partial charge in [0.25, 0.3) is 0 Å². The van der Waals surface area contributed by atoms with Crippen molar-refractivity contribution in [2.45, 2.75) is 11.3 Å². The Bertz CT molecular complexity index is 1010. The molecule has 1 aromatic heterocycles. The molecule has 3 aromatic rings. The van der Waals surface area contributed by atoms with Crippen LogP contribution in [0.3, 0.4) is 0 Å². The average Bonchev–Trinajstić information content (AvgIpc) is 3.17. The third-order valence-corrected chi connectivity index (χ3v) is 5.66. The van der Waals surface area contributed by atoms with E-state index in [1.54, 1.807) is 12.1 Å². The lowest BCUT2D eigenvalue weighted by atomic mass is 10.1. The number of hydrogen-bond acceptors (Lipinski definition) is 6. The summed E-state index contributed by atoms with van der Waals surface area (Å²) in [5.74, 6) is -0.201. The van der Waals surface area contributed by atoms with Crippen LogP contribution >= 0.6 is 0 Å². The maximum atomic E-state index is 12.2. The zero-order valence-corrected chi connectivity index (χ0v) is 15.6. The first kappa shape index (κ1) is 18.7. The summed E-state index contributed by atoms with van der Waals surface area (Å²) in [5, 5.41) is 13.7. The summed E-state index contributed by atoms with van der Waals surface area (Å²) < 4.78 is 26.7. The van der Waals surface area contributed by atoms with Crippen molar-refractivity contribution in [3.8, 4) is 5.69 Å². The second-order valence-electron chi connectivity index (χ2n) is 5.96. The molecule has 1 amide bonds. The van der Waals surface area contributed by atoms with E-state index in [1.807, 2.05) is 24.3 Å². The van der Waals surface area contributed by atoms with Gasteiger partial charge in [0.2, 0.25) is 15.9 Å². The molecule has 140 valence electrons. The van der Waals surface area contributed by atoms with E-state index < -0.39 is 10.0 Å². The van der Waals surface area contributed by atoms with E-state index >= 15 is 0 Å². The van der Waals surface area contributed by atoms with Crippen LogP contribution in [0, 0.1) is 0 Å². The van der Waals surface area contributed by atoms with Crippen LogP contribution in [0.5, 0.6) is 0 Å². The topological polar surface area (TPSA) is 110 Å². The van der Waals surface area contributed by atoms with Crippen molar-refractivity contribution < 1.29 is 13.2 Å². The highest BCUT2D eigenvalue weighted by Gasteiger charge is 2.16. The highest BCUT2D eigenvalue weighted by molar-refractivity contribution is 7.89. The van der Waals surface area contributed by atoms with E-state index in [-0.39, 0.29) is 17.2 Å². The van der Waals surface area contributed by atoms with E-state index in [1.165, 1.54) is 37.2 Å². The van der Waals surface area contributed by atoms with Gasteiger partial charge in [-0.05, 0) is 52.4 Å². The first-order valence-corrected chi connectivity index (χ1v) is 9.45. The third-order valence-electron chi connectivity index (χ3n) is 3.83. The number of aromatic nitrogens is 4. The standard InChI is InChI=1S/C17H18N6O3S/c1-22(2)27(25,26)16-9-5-14(6-10-16)19-17(24)11-13-3-7-15(8-4-13)23-12-18-20-21-23/h3-10,12H,11H2,1-2H3,(H,19,24). The Kier molecular flexibility index (Phi) is 5.28. The molecule has 0 fully saturated rings. The van der Waals surface area contributed by atoms with Crippen molar-refractivity contribution in [3.05, 3.63) is 60.4 Å². The molecule has 0 aliphatic rings. The molecule has 2 aromatic carbocycles. The average molecular weight is 386 g/mol. The van der Waals surface area contributed by atoms with Crippen molar-refractivity contribution >= 4 is 21.6 Å². The van der Waals surface area contributed by atoms with Gasteiger partial charge in [0.15, 0.2) is 0 Å². The van der Waals surface area contributed by atoms with Gasteiger partial charge in [-0.2, -0.15) is 0 Å². The third kappa shape index (κ3) is 4.36. The highest BCUT2D eigenvalue weighted by Crippen LogP contribution is 2.17. The van der Waals surface area contributed by atoms with Crippen molar-refractivity contribution in [2.75, 3.05) is 19.4 Å². The van der Waals surface area contributed by atoms with Crippen LogP contribution in [0.4, 0.5) is 5.69 Å². The molecule has 0 unspecified atom stereocenters. The molecular weight excluding hydrogens is 368 g/mol. The Balaban J connectivity index is 1.62. The van der Waals surface area contributed by atoms with Gasteiger partial charge < -0.3 is 5.32 Å². The minimum atomic E-state index is -3.49. The van der Waals surface area contributed by atoms with Crippen LogP contribution in [0.25, 0.3) is 5.69 Å². The molecule has 1 heterocycles. The lowest BCUT2D eigenvalue weighted by Gasteiger charge is -2.12. The SMILES string of the molecule is CN(C)S(=O)(=O)c1ccc(NC(=O)Cc2ccc(-n3cnnn3)cc2)cc1. The van der Waals surface area contributed by atoms with E-state index in [0.717, 1.165) is 15.6 Å². The quantitative estimate of drug-likeness (QED) is 0.679. The van der Waals surface area contributed by atoms with Crippen molar-refractivity contribution in [1.29, 1.82) is 0 Å². The van der Waals surface area contributed by atoms with E-state index in [2.05, 4.69) is 20.8 Å². The molecule has 0 aliphatic carbocycles. The van der Waals surface area contributed by atoms with Gasteiger partial charge in [0.1, 0.15) is 6.33 Å². The van der Waals surface area contributed by atoms with Gasteiger partial charge in [0.05, 0.1) is 17.0 Å². The van der Waals surface area contributed by atoms with Gasteiger partial charge in [-0.15, -0.1) is 5.10 Å². The van der Waals surface area contributed by atoms with Crippen LogP contribution < -0.4 is 5.32 Å². The Labute approximate surface area is 156 Å². The summed E-state index contributed by atoms with van der Waals surface area (Å²) in [5.41, 5.74) is 2.15. The summed E-state index contributed by atoms with van der Waals surface area (Å²) in [6, 6.07) is 13.3. The Morgan fingerprint density at radius 3 is 2.30 bits per heavy atom. The summed E-state index contributed by atoms with van der Waals surface area (Å²) >= 11 is 0. The molecule has 9 nitrogen and oxygen atoms in total. The predicted octanol–water partition coefficient (Wildman–Crippen LogP) is 1.09. The molecule has 0 saturated carbocycles. The van der Waals surface area contributed by atoms with E-state index in [0.29, 0.717) is 5.69 Å². The van der Waals surface area contributed by atoms with Crippen LogP contribution in [0.15, 0.2) is 59.8 Å². The maximum absolute atomic E-state index is 12.2. The number of nitrogens with zero attached hydrogens (tertiary/aromatic N) is 5. The van der Waals surface area contributed by atoms with Crippen LogP contribution in [-0.2, 0) is 21.2 Å². The van der Waals surface area contributed by atoms with Crippen molar-refractivity contribution in [1.82, 2.24) is 24.5 Å². The number of hydrogen-bond donors (Lipinski definition) is 1. The zero-order valence-electron chi connectivity index (χ0n) is 14.8. The molecule has 1 N–H and O–H groups in total. The summed E-state index contributed by atoms with van der Waals surface area (Å²) in [6.45, 7) is 0. The number of anilines is 1. The number of carbonyl (C=O) groups excluding carboxylic acids is 1. The summed E-state index contributed by atoms with van der Waals surface area (Å²) in [6.07, 6.45) is 1.68. The molecule has 0 spiro atoms. The number of amides is 1. The fourth-order valence-corrected chi connectivity index (χ4v) is 3.26. The summed E-state index contributed by atoms with van der Waals surface area (Å²) in [7, 11) is -0.553. The zero-order chi connectivity index (χ0) is 19.4. The number of tetrazole rings is 1. The van der Waals surface area contributed by atoms with E-state index in [9.17, 15) is 13.2 Å². The molecule has 27 heavy (non-hydrogen) atoms. The van der Waals surface area contributed by atoms with Crippen molar-refractivity contribution in [3.63, 3.8) is 0 Å². The van der Waals surface area contributed by atoms with Gasteiger partial charge in [-0.3, -0.25) is 4.79 Å². The lowest BCUT2D eigenvalue weighted by molar-refractivity contribution is -0.115.